The quantitative estimate of drug-likeness (QED) is 0.725. The number of benzene rings is 2. The molecule has 0 aliphatic heterocycles. The first-order valence-electron chi connectivity index (χ1n) is 5.61. The van der Waals surface area contributed by atoms with Crippen molar-refractivity contribution in [2.45, 2.75) is 13.5 Å². The minimum absolute atomic E-state index is 0.295. The number of aryl methyl sites for hydroxylation is 1. The standard InChI is InChI=1S/C14H11BrCl2FN/c1-8-5-10(15)14(6-12(8)17)19-7-9-11(16)3-2-4-13(9)18/h2-6,19H,7H2,1H3. The molecule has 0 saturated carbocycles. The molecule has 100 valence electrons. The van der Waals surface area contributed by atoms with Gasteiger partial charge < -0.3 is 5.32 Å². The highest BCUT2D eigenvalue weighted by Gasteiger charge is 2.08. The molecule has 2 aromatic carbocycles. The van der Waals surface area contributed by atoms with E-state index in [9.17, 15) is 4.39 Å². The maximum absolute atomic E-state index is 13.6. The van der Waals surface area contributed by atoms with E-state index < -0.39 is 0 Å². The fourth-order valence-electron chi connectivity index (χ4n) is 1.67. The SMILES string of the molecule is Cc1cc(Br)c(NCc2c(F)cccc2Cl)cc1Cl. The summed E-state index contributed by atoms with van der Waals surface area (Å²) in [6.45, 7) is 2.22. The van der Waals surface area contributed by atoms with Gasteiger partial charge in [0.25, 0.3) is 0 Å². The average molecular weight is 363 g/mol. The molecule has 0 fully saturated rings. The zero-order valence-corrected chi connectivity index (χ0v) is 13.2. The second-order valence-electron chi connectivity index (χ2n) is 4.14. The third-order valence-corrected chi connectivity index (χ3v) is 4.18. The summed E-state index contributed by atoms with van der Waals surface area (Å²) in [5, 5.41) is 4.19. The number of rotatable bonds is 3. The van der Waals surface area contributed by atoms with Gasteiger partial charge in [0.2, 0.25) is 0 Å². The zero-order valence-electron chi connectivity index (χ0n) is 10.1. The van der Waals surface area contributed by atoms with Gasteiger partial charge in [-0.15, -0.1) is 0 Å². The lowest BCUT2D eigenvalue weighted by Gasteiger charge is -2.12. The van der Waals surface area contributed by atoms with Crippen LogP contribution in [0.1, 0.15) is 11.1 Å². The molecule has 0 unspecified atom stereocenters. The summed E-state index contributed by atoms with van der Waals surface area (Å²) in [7, 11) is 0. The molecule has 2 aromatic rings. The van der Waals surface area contributed by atoms with E-state index in [1.165, 1.54) is 6.07 Å². The summed E-state index contributed by atoms with van der Waals surface area (Å²) >= 11 is 15.5. The summed E-state index contributed by atoms with van der Waals surface area (Å²) < 4.78 is 14.5. The summed E-state index contributed by atoms with van der Waals surface area (Å²) in [4.78, 5) is 0. The maximum atomic E-state index is 13.6. The van der Waals surface area contributed by atoms with Crippen LogP contribution in [0.3, 0.4) is 0 Å². The number of hydrogen-bond acceptors (Lipinski definition) is 1. The van der Waals surface area contributed by atoms with Crippen LogP contribution in [-0.4, -0.2) is 0 Å². The first-order chi connectivity index (χ1) is 8.99. The summed E-state index contributed by atoms with van der Waals surface area (Å²) in [6, 6.07) is 8.35. The molecule has 0 heterocycles. The predicted octanol–water partition coefficient (Wildman–Crippen LogP) is 5.82. The van der Waals surface area contributed by atoms with Crippen LogP contribution >= 0.6 is 39.1 Å². The highest BCUT2D eigenvalue weighted by atomic mass is 79.9. The molecule has 0 aliphatic carbocycles. The summed E-state index contributed by atoms with van der Waals surface area (Å²) in [5.41, 5.74) is 2.21. The molecular formula is C14H11BrCl2FN. The van der Waals surface area contributed by atoms with Gasteiger partial charge in [-0.25, -0.2) is 4.39 Å². The first kappa shape index (κ1) is 14.6. The Hall–Kier alpha value is -0.770. The highest BCUT2D eigenvalue weighted by Crippen LogP contribution is 2.30. The van der Waals surface area contributed by atoms with Crippen LogP contribution in [0.25, 0.3) is 0 Å². The zero-order chi connectivity index (χ0) is 14.0. The largest absolute Gasteiger partial charge is 0.380 e. The molecule has 0 amide bonds. The predicted molar refractivity (Wildman–Crippen MR) is 82.6 cm³/mol. The van der Waals surface area contributed by atoms with Crippen molar-refractivity contribution in [1.29, 1.82) is 0 Å². The molecule has 0 radical (unpaired) electrons. The van der Waals surface area contributed by atoms with Crippen LogP contribution in [0.5, 0.6) is 0 Å². The van der Waals surface area contributed by atoms with E-state index in [4.69, 9.17) is 23.2 Å². The molecular weight excluding hydrogens is 352 g/mol. The molecule has 0 aromatic heterocycles. The van der Waals surface area contributed by atoms with Crippen molar-refractivity contribution in [2.75, 3.05) is 5.32 Å². The van der Waals surface area contributed by atoms with Gasteiger partial charge in [0.15, 0.2) is 0 Å². The maximum Gasteiger partial charge on any atom is 0.129 e. The monoisotopic (exact) mass is 361 g/mol. The lowest BCUT2D eigenvalue weighted by Crippen LogP contribution is -2.03. The van der Waals surface area contributed by atoms with E-state index in [0.29, 0.717) is 22.2 Å². The second kappa shape index (κ2) is 6.12. The third-order valence-electron chi connectivity index (χ3n) is 2.77. The Bertz CT molecular complexity index is 596. The van der Waals surface area contributed by atoms with Crippen LogP contribution in [0.4, 0.5) is 10.1 Å². The first-order valence-corrected chi connectivity index (χ1v) is 7.16. The topological polar surface area (TPSA) is 12.0 Å². The fraction of sp³-hybridized carbons (Fsp3) is 0.143. The second-order valence-corrected chi connectivity index (χ2v) is 5.80. The van der Waals surface area contributed by atoms with Crippen LogP contribution in [0, 0.1) is 12.7 Å². The molecule has 0 spiro atoms. The Labute approximate surface area is 129 Å². The molecule has 19 heavy (non-hydrogen) atoms. The Kier molecular flexibility index (Phi) is 4.71. The summed E-state index contributed by atoms with van der Waals surface area (Å²) in [5.74, 6) is -0.325. The smallest absolute Gasteiger partial charge is 0.129 e. The van der Waals surface area contributed by atoms with E-state index in [-0.39, 0.29) is 5.82 Å². The van der Waals surface area contributed by atoms with Gasteiger partial charge in [0, 0.05) is 26.6 Å². The van der Waals surface area contributed by atoms with Gasteiger partial charge >= 0.3 is 0 Å². The number of nitrogens with one attached hydrogen (secondary N) is 1. The van der Waals surface area contributed by atoms with Crippen molar-refractivity contribution in [3.05, 3.63) is 61.8 Å². The highest BCUT2D eigenvalue weighted by molar-refractivity contribution is 9.10. The normalized spacial score (nSPS) is 10.6. The third kappa shape index (κ3) is 3.41. The fourth-order valence-corrected chi connectivity index (χ4v) is 2.66. The molecule has 5 heteroatoms. The molecule has 2 rings (SSSR count). The molecule has 1 N–H and O–H groups in total. The van der Waals surface area contributed by atoms with Crippen molar-refractivity contribution in [1.82, 2.24) is 0 Å². The van der Waals surface area contributed by atoms with E-state index in [2.05, 4.69) is 21.2 Å². The van der Waals surface area contributed by atoms with Gasteiger partial charge in [0.1, 0.15) is 5.82 Å². The Morgan fingerprint density at radius 2 is 1.95 bits per heavy atom. The summed E-state index contributed by atoms with van der Waals surface area (Å²) in [6.07, 6.45) is 0. The van der Waals surface area contributed by atoms with Gasteiger partial charge in [0.05, 0.1) is 5.69 Å². The number of halogens is 4. The molecule has 0 bridgehead atoms. The molecule has 0 atom stereocenters. The van der Waals surface area contributed by atoms with Gasteiger partial charge in [-0.1, -0.05) is 29.3 Å². The van der Waals surface area contributed by atoms with E-state index in [0.717, 1.165) is 15.7 Å². The van der Waals surface area contributed by atoms with Crippen LogP contribution in [0.2, 0.25) is 10.0 Å². The van der Waals surface area contributed by atoms with E-state index >= 15 is 0 Å². The molecule has 0 aliphatic rings. The van der Waals surface area contributed by atoms with Crippen LogP contribution in [0.15, 0.2) is 34.8 Å². The Balaban J connectivity index is 2.22. The van der Waals surface area contributed by atoms with Crippen molar-refractivity contribution in [2.24, 2.45) is 0 Å². The van der Waals surface area contributed by atoms with Gasteiger partial charge in [-0.3, -0.25) is 0 Å². The lowest BCUT2D eigenvalue weighted by atomic mass is 10.2. The molecule has 0 saturated heterocycles. The Morgan fingerprint density at radius 3 is 2.63 bits per heavy atom. The van der Waals surface area contributed by atoms with Crippen molar-refractivity contribution in [3.8, 4) is 0 Å². The van der Waals surface area contributed by atoms with Crippen molar-refractivity contribution >= 4 is 44.8 Å². The number of anilines is 1. The Morgan fingerprint density at radius 1 is 1.21 bits per heavy atom. The van der Waals surface area contributed by atoms with Crippen LogP contribution in [-0.2, 0) is 6.54 Å². The van der Waals surface area contributed by atoms with Crippen molar-refractivity contribution < 1.29 is 4.39 Å². The van der Waals surface area contributed by atoms with E-state index in [1.54, 1.807) is 18.2 Å². The van der Waals surface area contributed by atoms with Crippen LogP contribution < -0.4 is 5.32 Å². The van der Waals surface area contributed by atoms with E-state index in [1.807, 2.05) is 13.0 Å². The van der Waals surface area contributed by atoms with Crippen molar-refractivity contribution in [3.63, 3.8) is 0 Å². The van der Waals surface area contributed by atoms with Gasteiger partial charge in [-0.05, 0) is 52.7 Å². The minimum atomic E-state index is -0.325. The lowest BCUT2D eigenvalue weighted by molar-refractivity contribution is 0.613. The molecule has 1 nitrogen and oxygen atoms in total. The minimum Gasteiger partial charge on any atom is -0.380 e. The van der Waals surface area contributed by atoms with Gasteiger partial charge in [-0.2, -0.15) is 0 Å². The average Bonchev–Trinajstić information content (AvgIpc) is 2.34. The number of hydrogen-bond donors (Lipinski definition) is 1.